The number of benzene rings is 1. The van der Waals surface area contributed by atoms with Crippen LogP contribution >= 0.6 is 27.3 Å². The van der Waals surface area contributed by atoms with Crippen molar-refractivity contribution in [3.05, 3.63) is 63.7 Å². The number of pyridine rings is 1. The predicted molar refractivity (Wildman–Crippen MR) is 101 cm³/mol. The minimum absolute atomic E-state index is 0.0913. The third kappa shape index (κ3) is 4.39. The molecular formula is C17H15BrN4OS. The smallest absolute Gasteiger partial charge is 0.230 e. The second-order valence-corrected chi connectivity index (χ2v) is 6.89. The molecule has 2 aromatic heterocycles. The molecule has 0 aliphatic carbocycles. The van der Waals surface area contributed by atoms with Crippen molar-refractivity contribution in [3.8, 4) is 0 Å². The lowest BCUT2D eigenvalue weighted by Crippen LogP contribution is -2.14. The number of thiazole rings is 1. The molecule has 2 heterocycles. The average molecular weight is 403 g/mol. The summed E-state index contributed by atoms with van der Waals surface area (Å²) in [6, 6.07) is 11.3. The molecule has 3 aromatic rings. The van der Waals surface area contributed by atoms with Crippen LogP contribution in [0.4, 0.5) is 16.6 Å². The minimum Gasteiger partial charge on any atom is -0.326 e. The number of anilines is 3. The van der Waals surface area contributed by atoms with Gasteiger partial charge in [0.05, 0.1) is 12.1 Å². The molecule has 0 aliphatic rings. The SMILES string of the molecule is Cc1cc(NC(=O)Cc2csc(Nc3ccccn3)n2)ccc1Br. The van der Waals surface area contributed by atoms with Crippen molar-refractivity contribution in [1.29, 1.82) is 0 Å². The van der Waals surface area contributed by atoms with E-state index in [0.29, 0.717) is 0 Å². The third-order valence-electron chi connectivity index (χ3n) is 3.24. The van der Waals surface area contributed by atoms with Crippen LogP contribution < -0.4 is 10.6 Å². The Morgan fingerprint density at radius 1 is 1.29 bits per heavy atom. The second-order valence-electron chi connectivity index (χ2n) is 5.17. The summed E-state index contributed by atoms with van der Waals surface area (Å²) in [7, 11) is 0. The second kappa shape index (κ2) is 7.55. The monoisotopic (exact) mass is 402 g/mol. The molecule has 1 amide bonds. The fourth-order valence-corrected chi connectivity index (χ4v) is 3.05. The number of aromatic nitrogens is 2. The molecule has 5 nitrogen and oxygen atoms in total. The Bertz CT molecular complexity index is 851. The molecule has 0 unspecified atom stereocenters. The zero-order chi connectivity index (χ0) is 16.9. The molecule has 24 heavy (non-hydrogen) atoms. The van der Waals surface area contributed by atoms with Crippen molar-refractivity contribution in [3.63, 3.8) is 0 Å². The maximum atomic E-state index is 12.2. The zero-order valence-electron chi connectivity index (χ0n) is 12.9. The van der Waals surface area contributed by atoms with Gasteiger partial charge in [-0.25, -0.2) is 9.97 Å². The molecule has 0 bridgehead atoms. The van der Waals surface area contributed by atoms with Gasteiger partial charge in [0.25, 0.3) is 0 Å². The minimum atomic E-state index is -0.0913. The van der Waals surface area contributed by atoms with Gasteiger partial charge in [0.2, 0.25) is 5.91 Å². The Morgan fingerprint density at radius 3 is 2.92 bits per heavy atom. The number of hydrogen-bond donors (Lipinski definition) is 2. The quantitative estimate of drug-likeness (QED) is 0.657. The number of nitrogens with one attached hydrogen (secondary N) is 2. The Kier molecular flexibility index (Phi) is 5.22. The highest BCUT2D eigenvalue weighted by atomic mass is 79.9. The van der Waals surface area contributed by atoms with E-state index >= 15 is 0 Å². The molecule has 0 aliphatic heterocycles. The van der Waals surface area contributed by atoms with Gasteiger partial charge in [-0.1, -0.05) is 22.0 Å². The first-order valence-corrected chi connectivity index (χ1v) is 8.96. The first kappa shape index (κ1) is 16.6. The predicted octanol–water partition coefficient (Wildman–Crippen LogP) is 4.53. The lowest BCUT2D eigenvalue weighted by Gasteiger charge is -2.06. The van der Waals surface area contributed by atoms with Crippen LogP contribution in [0, 0.1) is 6.92 Å². The van der Waals surface area contributed by atoms with Crippen LogP contribution in [-0.4, -0.2) is 15.9 Å². The summed E-state index contributed by atoms with van der Waals surface area (Å²) < 4.78 is 1.02. The number of carbonyl (C=O) groups is 1. The van der Waals surface area contributed by atoms with E-state index in [1.54, 1.807) is 6.20 Å². The molecule has 2 N–H and O–H groups in total. The molecule has 7 heteroatoms. The fourth-order valence-electron chi connectivity index (χ4n) is 2.08. The molecule has 0 atom stereocenters. The zero-order valence-corrected chi connectivity index (χ0v) is 15.3. The van der Waals surface area contributed by atoms with Crippen molar-refractivity contribution in [2.75, 3.05) is 10.6 Å². The lowest BCUT2D eigenvalue weighted by atomic mass is 10.2. The molecular weight excluding hydrogens is 388 g/mol. The summed E-state index contributed by atoms with van der Waals surface area (Å²) in [5, 5.41) is 8.60. The Hall–Kier alpha value is -2.25. The van der Waals surface area contributed by atoms with E-state index in [1.165, 1.54) is 11.3 Å². The van der Waals surface area contributed by atoms with Crippen molar-refractivity contribution in [2.45, 2.75) is 13.3 Å². The van der Waals surface area contributed by atoms with E-state index in [9.17, 15) is 4.79 Å². The molecule has 122 valence electrons. The van der Waals surface area contributed by atoms with Crippen molar-refractivity contribution in [1.82, 2.24) is 9.97 Å². The van der Waals surface area contributed by atoms with Gasteiger partial charge in [0.15, 0.2) is 5.13 Å². The third-order valence-corrected chi connectivity index (χ3v) is 4.93. The van der Waals surface area contributed by atoms with Crippen LogP contribution in [0.15, 0.2) is 52.4 Å². The molecule has 1 aromatic carbocycles. The maximum absolute atomic E-state index is 12.2. The van der Waals surface area contributed by atoms with Crippen LogP contribution in [-0.2, 0) is 11.2 Å². The lowest BCUT2D eigenvalue weighted by molar-refractivity contribution is -0.115. The summed E-state index contributed by atoms with van der Waals surface area (Å²) in [6.07, 6.45) is 1.94. The van der Waals surface area contributed by atoms with Crippen LogP contribution in [0.3, 0.4) is 0 Å². The normalized spacial score (nSPS) is 10.4. The highest BCUT2D eigenvalue weighted by molar-refractivity contribution is 9.10. The average Bonchev–Trinajstić information content (AvgIpc) is 2.99. The number of hydrogen-bond acceptors (Lipinski definition) is 5. The van der Waals surface area contributed by atoms with E-state index in [4.69, 9.17) is 0 Å². The highest BCUT2D eigenvalue weighted by Gasteiger charge is 2.09. The number of nitrogens with zero attached hydrogens (tertiary/aromatic N) is 2. The number of aryl methyl sites for hydroxylation is 1. The molecule has 0 spiro atoms. The van der Waals surface area contributed by atoms with Crippen LogP contribution in [0.5, 0.6) is 0 Å². The summed E-state index contributed by atoms with van der Waals surface area (Å²) >= 11 is 4.89. The van der Waals surface area contributed by atoms with Gasteiger partial charge in [0, 0.05) is 21.7 Å². The summed E-state index contributed by atoms with van der Waals surface area (Å²) in [6.45, 7) is 1.98. The van der Waals surface area contributed by atoms with Crippen LogP contribution in [0.1, 0.15) is 11.3 Å². The summed E-state index contributed by atoms with van der Waals surface area (Å²) in [5.74, 6) is 0.639. The van der Waals surface area contributed by atoms with Gasteiger partial charge in [-0.2, -0.15) is 0 Å². The number of amides is 1. The van der Waals surface area contributed by atoms with E-state index in [1.807, 2.05) is 48.7 Å². The van der Waals surface area contributed by atoms with Crippen molar-refractivity contribution in [2.24, 2.45) is 0 Å². The van der Waals surface area contributed by atoms with Crippen LogP contribution in [0.25, 0.3) is 0 Å². The first-order valence-electron chi connectivity index (χ1n) is 7.28. The van der Waals surface area contributed by atoms with Gasteiger partial charge in [-0.3, -0.25) is 4.79 Å². The maximum Gasteiger partial charge on any atom is 0.230 e. The van der Waals surface area contributed by atoms with Crippen LogP contribution in [0.2, 0.25) is 0 Å². The topological polar surface area (TPSA) is 66.9 Å². The number of rotatable bonds is 5. The van der Waals surface area contributed by atoms with E-state index in [0.717, 1.165) is 32.4 Å². The van der Waals surface area contributed by atoms with E-state index < -0.39 is 0 Å². The summed E-state index contributed by atoms with van der Waals surface area (Å²) in [4.78, 5) is 20.8. The largest absolute Gasteiger partial charge is 0.326 e. The van der Waals surface area contributed by atoms with Gasteiger partial charge >= 0.3 is 0 Å². The highest BCUT2D eigenvalue weighted by Crippen LogP contribution is 2.21. The number of carbonyl (C=O) groups excluding carboxylic acids is 1. The summed E-state index contributed by atoms with van der Waals surface area (Å²) in [5.41, 5.74) is 2.58. The van der Waals surface area contributed by atoms with Crippen molar-refractivity contribution >= 4 is 49.8 Å². The molecule has 3 rings (SSSR count). The molecule has 0 saturated heterocycles. The van der Waals surface area contributed by atoms with Gasteiger partial charge in [-0.05, 0) is 42.8 Å². The number of halogens is 1. The standard InChI is InChI=1S/C17H15BrN4OS/c1-11-8-12(5-6-14(11)18)20-16(23)9-13-10-24-17(21-13)22-15-4-2-3-7-19-15/h2-8,10H,9H2,1H3,(H,20,23)(H,19,21,22). The van der Waals surface area contributed by atoms with Crippen molar-refractivity contribution < 1.29 is 4.79 Å². The fraction of sp³-hybridized carbons (Fsp3) is 0.118. The Balaban J connectivity index is 1.59. The van der Waals surface area contributed by atoms with Gasteiger partial charge in [-0.15, -0.1) is 11.3 Å². The first-order chi connectivity index (χ1) is 11.6. The Morgan fingerprint density at radius 2 is 2.17 bits per heavy atom. The molecule has 0 radical (unpaired) electrons. The Labute approximate surface area is 152 Å². The van der Waals surface area contributed by atoms with E-state index in [-0.39, 0.29) is 12.3 Å². The van der Waals surface area contributed by atoms with Gasteiger partial charge in [0.1, 0.15) is 5.82 Å². The van der Waals surface area contributed by atoms with Gasteiger partial charge < -0.3 is 10.6 Å². The van der Waals surface area contributed by atoms with E-state index in [2.05, 4.69) is 36.5 Å². The molecule has 0 fully saturated rings. The molecule has 0 saturated carbocycles.